The zero-order valence-electron chi connectivity index (χ0n) is 7.67. The molecule has 0 N–H and O–H groups in total. The number of nitrogens with zero attached hydrogens (tertiary/aromatic N) is 1. The summed E-state index contributed by atoms with van der Waals surface area (Å²) in [6.07, 6.45) is 0.461. The van der Waals surface area contributed by atoms with E-state index in [0.717, 1.165) is 15.5 Å². The largest absolute Gasteiger partial charge is 0.198 e. The van der Waals surface area contributed by atoms with Crippen LogP contribution in [0, 0.1) is 18.3 Å². The van der Waals surface area contributed by atoms with Crippen molar-refractivity contribution in [3.8, 4) is 6.07 Å². The highest BCUT2D eigenvalue weighted by molar-refractivity contribution is 7.22. The third kappa shape index (κ3) is 1.50. The molecule has 0 atom stereocenters. The van der Waals surface area contributed by atoms with Gasteiger partial charge in [-0.15, -0.1) is 11.3 Å². The van der Waals surface area contributed by atoms with Crippen molar-refractivity contribution in [2.24, 2.45) is 0 Å². The maximum atomic E-state index is 8.59. The standard InChI is InChI=1S/C11H8ClNS/c1-7-9-6-8(4-5-13)2-3-10(9)14-11(7)12/h2-3,6H,4H2,1H3. The third-order valence-corrected chi connectivity index (χ3v) is 3.80. The van der Waals surface area contributed by atoms with Gasteiger partial charge >= 0.3 is 0 Å². The first-order valence-corrected chi connectivity index (χ1v) is 5.46. The lowest BCUT2D eigenvalue weighted by Gasteiger charge is -1.95. The van der Waals surface area contributed by atoms with Crippen molar-refractivity contribution in [1.29, 1.82) is 5.26 Å². The van der Waals surface area contributed by atoms with Crippen LogP contribution in [-0.4, -0.2) is 0 Å². The molecule has 1 aromatic heterocycles. The van der Waals surface area contributed by atoms with E-state index < -0.39 is 0 Å². The lowest BCUT2D eigenvalue weighted by molar-refractivity contribution is 1.27. The van der Waals surface area contributed by atoms with Gasteiger partial charge in [0.2, 0.25) is 0 Å². The van der Waals surface area contributed by atoms with Gasteiger partial charge in [0.1, 0.15) is 0 Å². The van der Waals surface area contributed by atoms with Gasteiger partial charge in [-0.1, -0.05) is 17.7 Å². The number of nitriles is 1. The van der Waals surface area contributed by atoms with Gasteiger partial charge in [-0.3, -0.25) is 0 Å². The second-order valence-electron chi connectivity index (χ2n) is 3.17. The Bertz CT molecular complexity index is 522. The minimum absolute atomic E-state index is 0.461. The lowest BCUT2D eigenvalue weighted by Crippen LogP contribution is -1.80. The minimum Gasteiger partial charge on any atom is -0.198 e. The molecule has 1 nitrogen and oxygen atoms in total. The van der Waals surface area contributed by atoms with Gasteiger partial charge in [-0.2, -0.15) is 5.26 Å². The summed E-state index contributed by atoms with van der Waals surface area (Å²) in [4.78, 5) is 0. The molecule has 0 saturated carbocycles. The molecule has 0 amide bonds. The average molecular weight is 222 g/mol. The molecule has 0 unspecified atom stereocenters. The van der Waals surface area contributed by atoms with E-state index in [4.69, 9.17) is 16.9 Å². The molecule has 0 bridgehead atoms. The fourth-order valence-electron chi connectivity index (χ4n) is 1.44. The van der Waals surface area contributed by atoms with Gasteiger partial charge in [0.25, 0.3) is 0 Å². The maximum Gasteiger partial charge on any atom is 0.0969 e. The molecule has 2 rings (SSSR count). The van der Waals surface area contributed by atoms with Crippen LogP contribution >= 0.6 is 22.9 Å². The molecule has 0 fully saturated rings. The van der Waals surface area contributed by atoms with Crippen LogP contribution in [0.4, 0.5) is 0 Å². The van der Waals surface area contributed by atoms with E-state index >= 15 is 0 Å². The normalized spacial score (nSPS) is 10.4. The number of rotatable bonds is 1. The van der Waals surface area contributed by atoms with E-state index in [-0.39, 0.29) is 0 Å². The first-order chi connectivity index (χ1) is 6.72. The van der Waals surface area contributed by atoms with Crippen LogP contribution in [0.2, 0.25) is 4.34 Å². The summed E-state index contributed by atoms with van der Waals surface area (Å²) < 4.78 is 2.03. The fourth-order valence-corrected chi connectivity index (χ4v) is 2.70. The maximum absolute atomic E-state index is 8.59. The first-order valence-electron chi connectivity index (χ1n) is 4.27. The molecule has 0 aliphatic rings. The quantitative estimate of drug-likeness (QED) is 0.716. The van der Waals surface area contributed by atoms with Crippen LogP contribution in [0.15, 0.2) is 18.2 Å². The second-order valence-corrected chi connectivity index (χ2v) is 4.82. The molecule has 3 heteroatoms. The zero-order valence-corrected chi connectivity index (χ0v) is 9.25. The van der Waals surface area contributed by atoms with E-state index in [1.165, 1.54) is 10.1 Å². The Hall–Kier alpha value is -1.04. The monoisotopic (exact) mass is 221 g/mol. The highest BCUT2D eigenvalue weighted by Gasteiger charge is 2.06. The van der Waals surface area contributed by atoms with E-state index in [0.29, 0.717) is 6.42 Å². The minimum atomic E-state index is 0.461. The van der Waals surface area contributed by atoms with Gasteiger partial charge in [-0.25, -0.2) is 0 Å². The summed E-state index contributed by atoms with van der Waals surface area (Å²) in [5.74, 6) is 0. The van der Waals surface area contributed by atoms with Crippen LogP contribution in [0.25, 0.3) is 10.1 Å². The molecule has 0 aliphatic heterocycles. The summed E-state index contributed by atoms with van der Waals surface area (Å²) in [7, 11) is 0. The summed E-state index contributed by atoms with van der Waals surface area (Å²) in [6, 6.07) is 8.21. The van der Waals surface area contributed by atoms with Crippen LogP contribution in [0.5, 0.6) is 0 Å². The number of hydrogen-bond donors (Lipinski definition) is 0. The Balaban J connectivity index is 2.65. The van der Waals surface area contributed by atoms with Crippen molar-refractivity contribution in [2.45, 2.75) is 13.3 Å². The third-order valence-electron chi connectivity index (χ3n) is 2.23. The molecule has 0 saturated heterocycles. The van der Waals surface area contributed by atoms with Crippen molar-refractivity contribution in [3.63, 3.8) is 0 Å². The first kappa shape index (κ1) is 9.51. The van der Waals surface area contributed by atoms with Gasteiger partial charge in [0.15, 0.2) is 0 Å². The number of halogens is 1. The van der Waals surface area contributed by atoms with Gasteiger partial charge in [-0.05, 0) is 35.6 Å². The second kappa shape index (κ2) is 3.61. The molecule has 0 aliphatic carbocycles. The zero-order chi connectivity index (χ0) is 10.1. The van der Waals surface area contributed by atoms with Crippen molar-refractivity contribution in [3.05, 3.63) is 33.7 Å². The molecule has 14 heavy (non-hydrogen) atoms. The van der Waals surface area contributed by atoms with E-state index in [2.05, 4.69) is 12.1 Å². The fraction of sp³-hybridized carbons (Fsp3) is 0.182. The molecular formula is C11H8ClNS. The van der Waals surface area contributed by atoms with Crippen LogP contribution in [-0.2, 0) is 6.42 Å². The van der Waals surface area contributed by atoms with Crippen LogP contribution in [0.1, 0.15) is 11.1 Å². The highest BCUT2D eigenvalue weighted by Crippen LogP contribution is 2.34. The molecule has 0 radical (unpaired) electrons. The summed E-state index contributed by atoms with van der Waals surface area (Å²) in [6.45, 7) is 2.01. The number of benzene rings is 1. The van der Waals surface area contributed by atoms with Crippen LogP contribution < -0.4 is 0 Å². The van der Waals surface area contributed by atoms with Crippen molar-refractivity contribution in [1.82, 2.24) is 0 Å². The number of aryl methyl sites for hydroxylation is 1. The van der Waals surface area contributed by atoms with Crippen molar-refractivity contribution >= 4 is 33.0 Å². The highest BCUT2D eigenvalue weighted by atomic mass is 35.5. The lowest BCUT2D eigenvalue weighted by atomic mass is 10.1. The Morgan fingerprint density at radius 2 is 2.29 bits per heavy atom. The molecule has 0 spiro atoms. The molecule has 1 heterocycles. The predicted molar refractivity (Wildman–Crippen MR) is 60.9 cm³/mol. The SMILES string of the molecule is Cc1c(Cl)sc2ccc(CC#N)cc12. The van der Waals surface area contributed by atoms with Gasteiger partial charge in [0, 0.05) is 4.70 Å². The summed E-state index contributed by atoms with van der Waals surface area (Å²) in [5, 5.41) is 9.77. The van der Waals surface area contributed by atoms with E-state index in [9.17, 15) is 0 Å². The molecule has 70 valence electrons. The molecular weight excluding hydrogens is 214 g/mol. The number of fused-ring (bicyclic) bond motifs is 1. The summed E-state index contributed by atoms with van der Waals surface area (Å²) in [5.41, 5.74) is 2.17. The topological polar surface area (TPSA) is 23.8 Å². The van der Waals surface area contributed by atoms with E-state index in [1.54, 1.807) is 11.3 Å². The van der Waals surface area contributed by atoms with Crippen LogP contribution in [0.3, 0.4) is 0 Å². The van der Waals surface area contributed by atoms with Crippen molar-refractivity contribution in [2.75, 3.05) is 0 Å². The smallest absolute Gasteiger partial charge is 0.0969 e. The summed E-state index contributed by atoms with van der Waals surface area (Å²) >= 11 is 7.62. The predicted octanol–water partition coefficient (Wildman–Crippen LogP) is 3.93. The van der Waals surface area contributed by atoms with Gasteiger partial charge in [0.05, 0.1) is 16.8 Å². The Labute approximate surface area is 91.5 Å². The average Bonchev–Trinajstić information content (AvgIpc) is 2.45. The number of thiophene rings is 1. The van der Waals surface area contributed by atoms with E-state index in [1.807, 2.05) is 19.1 Å². The molecule has 2 aromatic rings. The Morgan fingerprint density at radius 1 is 1.50 bits per heavy atom. The Kier molecular flexibility index (Phi) is 2.45. The Morgan fingerprint density at radius 3 is 3.00 bits per heavy atom. The molecule has 1 aromatic carbocycles. The van der Waals surface area contributed by atoms with Gasteiger partial charge < -0.3 is 0 Å². The van der Waals surface area contributed by atoms with Crippen molar-refractivity contribution < 1.29 is 0 Å². The number of hydrogen-bond acceptors (Lipinski definition) is 2.